The topological polar surface area (TPSA) is 57.4 Å². The van der Waals surface area contributed by atoms with E-state index in [1.807, 2.05) is 0 Å². The van der Waals surface area contributed by atoms with Crippen LogP contribution in [-0.4, -0.2) is 12.1 Å². The number of rotatable bonds is 4. The number of nitrogens with zero attached hydrogens (tertiary/aromatic N) is 1. The predicted molar refractivity (Wildman–Crippen MR) is 70.2 cm³/mol. The van der Waals surface area contributed by atoms with Crippen molar-refractivity contribution in [3.05, 3.63) is 46.9 Å². The molecule has 0 atom stereocenters. The van der Waals surface area contributed by atoms with Gasteiger partial charge in [-0.05, 0) is 23.8 Å². The minimum absolute atomic E-state index is 0.152. The van der Waals surface area contributed by atoms with E-state index in [1.54, 1.807) is 18.2 Å². The Labute approximate surface area is 114 Å². The molecule has 100 valence electrons. The van der Waals surface area contributed by atoms with Crippen molar-refractivity contribution in [3.63, 3.8) is 0 Å². The molecule has 0 fully saturated rings. The lowest BCUT2D eigenvalue weighted by atomic mass is 10.2. The third kappa shape index (κ3) is 3.33. The predicted octanol–water partition coefficient (Wildman–Crippen LogP) is 3.13. The number of methoxy groups -OCH3 is 1. The SMILES string of the molecule is COc1cc(CN)cc(Oc2ncc(Cl)cc2F)c1. The van der Waals surface area contributed by atoms with Gasteiger partial charge >= 0.3 is 0 Å². The molecule has 1 aromatic heterocycles. The van der Waals surface area contributed by atoms with Crippen molar-refractivity contribution >= 4 is 11.6 Å². The summed E-state index contributed by atoms with van der Waals surface area (Å²) >= 11 is 5.62. The largest absolute Gasteiger partial charge is 0.497 e. The van der Waals surface area contributed by atoms with E-state index in [0.29, 0.717) is 18.0 Å². The Balaban J connectivity index is 2.31. The van der Waals surface area contributed by atoms with E-state index in [2.05, 4.69) is 4.98 Å². The third-order valence-electron chi connectivity index (χ3n) is 2.40. The number of aromatic nitrogens is 1. The van der Waals surface area contributed by atoms with Crippen LogP contribution in [0.3, 0.4) is 0 Å². The monoisotopic (exact) mass is 282 g/mol. The zero-order valence-electron chi connectivity index (χ0n) is 10.2. The molecule has 0 saturated heterocycles. The van der Waals surface area contributed by atoms with Crippen LogP contribution in [0.1, 0.15) is 5.56 Å². The fraction of sp³-hybridized carbons (Fsp3) is 0.154. The summed E-state index contributed by atoms with van der Waals surface area (Å²) in [5, 5.41) is 0.207. The number of pyridine rings is 1. The molecule has 0 unspecified atom stereocenters. The average molecular weight is 283 g/mol. The van der Waals surface area contributed by atoms with E-state index < -0.39 is 5.82 Å². The van der Waals surface area contributed by atoms with Crippen LogP contribution in [0.5, 0.6) is 17.4 Å². The van der Waals surface area contributed by atoms with Gasteiger partial charge in [0.2, 0.25) is 0 Å². The molecule has 0 aliphatic rings. The van der Waals surface area contributed by atoms with E-state index in [1.165, 1.54) is 13.3 Å². The van der Waals surface area contributed by atoms with Gasteiger partial charge in [0, 0.05) is 18.8 Å². The van der Waals surface area contributed by atoms with Crippen LogP contribution >= 0.6 is 11.6 Å². The Morgan fingerprint density at radius 3 is 2.63 bits per heavy atom. The van der Waals surface area contributed by atoms with E-state index >= 15 is 0 Å². The Kier molecular flexibility index (Phi) is 4.19. The summed E-state index contributed by atoms with van der Waals surface area (Å²) < 4.78 is 24.1. The second-order valence-corrected chi connectivity index (χ2v) is 4.20. The summed E-state index contributed by atoms with van der Waals surface area (Å²) in [6, 6.07) is 6.22. The molecular weight excluding hydrogens is 271 g/mol. The number of hydrogen-bond acceptors (Lipinski definition) is 4. The van der Waals surface area contributed by atoms with Crippen LogP contribution in [0.2, 0.25) is 5.02 Å². The second-order valence-electron chi connectivity index (χ2n) is 3.76. The molecule has 6 heteroatoms. The highest BCUT2D eigenvalue weighted by Gasteiger charge is 2.09. The molecule has 0 amide bonds. The van der Waals surface area contributed by atoms with Crippen LogP contribution in [0.25, 0.3) is 0 Å². The molecule has 1 heterocycles. The van der Waals surface area contributed by atoms with Gasteiger partial charge < -0.3 is 15.2 Å². The summed E-state index contributed by atoms with van der Waals surface area (Å²) in [5.74, 6) is 0.186. The van der Waals surface area contributed by atoms with Gasteiger partial charge in [0.15, 0.2) is 5.82 Å². The Morgan fingerprint density at radius 1 is 1.26 bits per heavy atom. The highest BCUT2D eigenvalue weighted by atomic mass is 35.5. The van der Waals surface area contributed by atoms with Crippen LogP contribution in [0.4, 0.5) is 4.39 Å². The second kappa shape index (κ2) is 5.86. The minimum Gasteiger partial charge on any atom is -0.497 e. The summed E-state index contributed by atoms with van der Waals surface area (Å²) in [7, 11) is 1.53. The Morgan fingerprint density at radius 2 is 2.00 bits per heavy atom. The molecule has 0 radical (unpaired) electrons. The van der Waals surface area contributed by atoms with Crippen molar-refractivity contribution in [3.8, 4) is 17.4 Å². The van der Waals surface area contributed by atoms with Gasteiger partial charge in [-0.15, -0.1) is 0 Å². The standard InChI is InChI=1S/C13H12ClFN2O2/c1-18-10-2-8(6-16)3-11(5-10)19-13-12(15)4-9(14)7-17-13/h2-5,7H,6,16H2,1H3. The number of nitrogens with two attached hydrogens (primary N) is 1. The molecule has 0 saturated carbocycles. The maximum absolute atomic E-state index is 13.6. The average Bonchev–Trinajstić information content (AvgIpc) is 2.41. The first-order valence-electron chi connectivity index (χ1n) is 5.49. The smallest absolute Gasteiger partial charge is 0.255 e. The maximum Gasteiger partial charge on any atom is 0.255 e. The quantitative estimate of drug-likeness (QED) is 0.936. The van der Waals surface area contributed by atoms with Gasteiger partial charge in [0.05, 0.1) is 12.1 Å². The lowest BCUT2D eigenvalue weighted by Gasteiger charge is -2.09. The van der Waals surface area contributed by atoms with E-state index in [4.69, 9.17) is 26.8 Å². The zero-order valence-corrected chi connectivity index (χ0v) is 10.9. The molecule has 0 aliphatic heterocycles. The molecule has 2 rings (SSSR count). The highest BCUT2D eigenvalue weighted by molar-refractivity contribution is 6.30. The van der Waals surface area contributed by atoms with Crippen LogP contribution in [-0.2, 0) is 6.54 Å². The summed E-state index contributed by atoms with van der Waals surface area (Å²) in [4.78, 5) is 3.78. The van der Waals surface area contributed by atoms with Crippen molar-refractivity contribution < 1.29 is 13.9 Å². The van der Waals surface area contributed by atoms with Crippen LogP contribution in [0, 0.1) is 5.82 Å². The number of hydrogen-bond donors (Lipinski definition) is 1. The fourth-order valence-corrected chi connectivity index (χ4v) is 1.66. The molecule has 2 aromatic rings. The van der Waals surface area contributed by atoms with E-state index in [0.717, 1.165) is 11.6 Å². The number of ether oxygens (including phenoxy) is 2. The minimum atomic E-state index is -0.635. The first kappa shape index (κ1) is 13.6. The van der Waals surface area contributed by atoms with E-state index in [9.17, 15) is 4.39 Å². The summed E-state index contributed by atoms with van der Waals surface area (Å²) in [5.41, 5.74) is 6.38. The zero-order chi connectivity index (χ0) is 13.8. The molecular formula is C13H12ClFN2O2. The molecule has 0 bridgehead atoms. The lowest BCUT2D eigenvalue weighted by molar-refractivity contribution is 0.399. The molecule has 1 aromatic carbocycles. The van der Waals surface area contributed by atoms with Gasteiger partial charge in [-0.3, -0.25) is 0 Å². The van der Waals surface area contributed by atoms with Gasteiger partial charge in [0.25, 0.3) is 5.88 Å². The van der Waals surface area contributed by atoms with Crippen LogP contribution < -0.4 is 15.2 Å². The summed E-state index contributed by atoms with van der Waals surface area (Å²) in [6.07, 6.45) is 1.31. The van der Waals surface area contributed by atoms with Crippen molar-refractivity contribution in [1.29, 1.82) is 0 Å². The highest BCUT2D eigenvalue weighted by Crippen LogP contribution is 2.28. The molecule has 19 heavy (non-hydrogen) atoms. The third-order valence-corrected chi connectivity index (χ3v) is 2.61. The Hall–Kier alpha value is -1.85. The molecule has 4 nitrogen and oxygen atoms in total. The fourth-order valence-electron chi connectivity index (χ4n) is 1.51. The van der Waals surface area contributed by atoms with Crippen molar-refractivity contribution in [2.75, 3.05) is 7.11 Å². The van der Waals surface area contributed by atoms with Gasteiger partial charge in [0.1, 0.15) is 11.5 Å². The molecule has 0 spiro atoms. The molecule has 2 N–H and O–H groups in total. The first-order chi connectivity index (χ1) is 9.12. The summed E-state index contributed by atoms with van der Waals surface area (Å²) in [6.45, 7) is 0.324. The van der Waals surface area contributed by atoms with Crippen LogP contribution in [0.15, 0.2) is 30.5 Å². The van der Waals surface area contributed by atoms with Gasteiger partial charge in [-0.2, -0.15) is 0 Å². The van der Waals surface area contributed by atoms with Crippen molar-refractivity contribution in [1.82, 2.24) is 4.98 Å². The van der Waals surface area contributed by atoms with E-state index in [-0.39, 0.29) is 10.9 Å². The van der Waals surface area contributed by atoms with Crippen molar-refractivity contribution in [2.24, 2.45) is 5.73 Å². The first-order valence-corrected chi connectivity index (χ1v) is 5.87. The van der Waals surface area contributed by atoms with Gasteiger partial charge in [-0.1, -0.05) is 11.6 Å². The normalized spacial score (nSPS) is 10.3. The lowest BCUT2D eigenvalue weighted by Crippen LogP contribution is -1.99. The molecule has 0 aliphatic carbocycles. The number of halogens is 2. The number of benzene rings is 1. The van der Waals surface area contributed by atoms with Crippen molar-refractivity contribution in [2.45, 2.75) is 6.54 Å². The maximum atomic E-state index is 13.6. The Bertz CT molecular complexity index is 571. The van der Waals surface area contributed by atoms with Gasteiger partial charge in [-0.25, -0.2) is 9.37 Å².